The number of amides is 2. The Hall–Kier alpha value is -1.30. The molecule has 24 heavy (non-hydrogen) atoms. The van der Waals surface area contributed by atoms with Gasteiger partial charge >= 0.3 is 6.09 Å². The van der Waals surface area contributed by atoms with E-state index in [4.69, 9.17) is 5.11 Å². The molecule has 0 aromatic rings. The van der Waals surface area contributed by atoms with E-state index in [2.05, 4.69) is 45.0 Å². The van der Waals surface area contributed by atoms with Crippen molar-refractivity contribution < 1.29 is 14.7 Å². The second kappa shape index (κ2) is 7.72. The van der Waals surface area contributed by atoms with Crippen molar-refractivity contribution >= 4 is 12.0 Å². The van der Waals surface area contributed by atoms with E-state index in [1.54, 1.807) is 0 Å². The lowest BCUT2D eigenvalue weighted by Crippen LogP contribution is -2.52. The molecule has 0 bridgehead atoms. The summed E-state index contributed by atoms with van der Waals surface area (Å²) in [6.07, 6.45) is 2.69. The van der Waals surface area contributed by atoms with Gasteiger partial charge in [-0.25, -0.2) is 4.79 Å². The highest BCUT2D eigenvalue weighted by Crippen LogP contribution is 2.37. The number of likely N-dealkylation sites (tertiary alicyclic amines) is 1. The summed E-state index contributed by atoms with van der Waals surface area (Å²) >= 11 is 0. The fraction of sp³-hybridized carbons (Fsp3) is 0.889. The van der Waals surface area contributed by atoms with Crippen molar-refractivity contribution in [3.63, 3.8) is 0 Å². The summed E-state index contributed by atoms with van der Waals surface area (Å²) < 4.78 is 0. The van der Waals surface area contributed by atoms with Crippen LogP contribution in [0.4, 0.5) is 4.79 Å². The second-order valence-corrected chi connectivity index (χ2v) is 8.02. The van der Waals surface area contributed by atoms with Crippen molar-refractivity contribution in [1.82, 2.24) is 15.1 Å². The summed E-state index contributed by atoms with van der Waals surface area (Å²) in [4.78, 5) is 27.9. The molecule has 2 amide bonds. The quantitative estimate of drug-likeness (QED) is 0.807. The topological polar surface area (TPSA) is 72.9 Å². The fourth-order valence-corrected chi connectivity index (χ4v) is 4.38. The van der Waals surface area contributed by atoms with Gasteiger partial charge in [-0.3, -0.25) is 4.79 Å². The minimum Gasteiger partial charge on any atom is -0.465 e. The number of rotatable bonds is 5. The highest BCUT2D eigenvalue weighted by Gasteiger charge is 2.43. The number of carboxylic acid groups (broad SMARTS) is 1. The second-order valence-electron chi connectivity index (χ2n) is 8.02. The molecule has 0 aromatic heterocycles. The Bertz CT molecular complexity index is 466. The van der Waals surface area contributed by atoms with E-state index < -0.39 is 12.1 Å². The van der Waals surface area contributed by atoms with Gasteiger partial charge in [-0.15, -0.1) is 0 Å². The van der Waals surface area contributed by atoms with Crippen LogP contribution < -0.4 is 5.32 Å². The molecule has 1 aliphatic carbocycles. The van der Waals surface area contributed by atoms with Crippen LogP contribution in [-0.4, -0.2) is 64.7 Å². The van der Waals surface area contributed by atoms with Crippen LogP contribution in [0.15, 0.2) is 0 Å². The van der Waals surface area contributed by atoms with Crippen molar-refractivity contribution in [2.24, 2.45) is 11.8 Å². The van der Waals surface area contributed by atoms with Gasteiger partial charge in [0.2, 0.25) is 5.91 Å². The summed E-state index contributed by atoms with van der Waals surface area (Å²) in [7, 11) is 2.20. The number of nitrogens with zero attached hydrogens (tertiary/aromatic N) is 2. The predicted octanol–water partition coefficient (Wildman–Crippen LogP) is 2.39. The first-order valence-electron chi connectivity index (χ1n) is 9.24. The Labute approximate surface area is 145 Å². The zero-order valence-corrected chi connectivity index (χ0v) is 15.7. The Morgan fingerprint density at radius 2 is 1.92 bits per heavy atom. The van der Waals surface area contributed by atoms with Gasteiger partial charge in [0.1, 0.15) is 6.04 Å². The molecule has 0 aromatic carbocycles. The molecular formula is C18H33N3O3. The van der Waals surface area contributed by atoms with Crippen LogP contribution in [0.2, 0.25) is 0 Å². The lowest BCUT2D eigenvalue weighted by Gasteiger charge is -2.46. The van der Waals surface area contributed by atoms with Crippen LogP contribution in [0.25, 0.3) is 0 Å². The first-order valence-corrected chi connectivity index (χ1v) is 9.24. The van der Waals surface area contributed by atoms with Crippen molar-refractivity contribution in [3.05, 3.63) is 0 Å². The summed E-state index contributed by atoms with van der Waals surface area (Å²) in [5.74, 6) is 0.943. The number of nitrogens with one attached hydrogen (secondary N) is 1. The third-order valence-corrected chi connectivity index (χ3v) is 6.02. The zero-order valence-electron chi connectivity index (χ0n) is 15.7. The molecule has 138 valence electrons. The van der Waals surface area contributed by atoms with Crippen LogP contribution in [0.1, 0.15) is 53.4 Å². The average Bonchev–Trinajstić information content (AvgIpc) is 2.86. The van der Waals surface area contributed by atoms with Gasteiger partial charge in [0.25, 0.3) is 0 Å². The highest BCUT2D eigenvalue weighted by atomic mass is 16.4. The SMILES string of the molecule is CC(C)[C@@H]1C[C@@H](N(C)C(C)C)CC[C@@H]1N1CCC(NC(=O)O)C1=O. The maximum absolute atomic E-state index is 12.6. The molecule has 4 atom stereocenters. The maximum atomic E-state index is 12.6. The summed E-state index contributed by atoms with van der Waals surface area (Å²) in [6, 6.07) is 0.775. The predicted molar refractivity (Wildman–Crippen MR) is 93.9 cm³/mol. The molecule has 6 heteroatoms. The van der Waals surface area contributed by atoms with Crippen molar-refractivity contribution in [3.8, 4) is 0 Å². The van der Waals surface area contributed by atoms with E-state index in [-0.39, 0.29) is 11.9 Å². The largest absolute Gasteiger partial charge is 0.465 e. The summed E-state index contributed by atoms with van der Waals surface area (Å²) in [6.45, 7) is 9.60. The number of hydrogen-bond donors (Lipinski definition) is 2. The smallest absolute Gasteiger partial charge is 0.405 e. The summed E-state index contributed by atoms with van der Waals surface area (Å²) in [5.41, 5.74) is 0. The molecule has 1 aliphatic heterocycles. The molecule has 1 unspecified atom stereocenters. The van der Waals surface area contributed by atoms with E-state index >= 15 is 0 Å². The molecule has 2 N–H and O–H groups in total. The molecule has 1 heterocycles. The summed E-state index contributed by atoms with van der Waals surface area (Å²) in [5, 5.41) is 11.3. The van der Waals surface area contributed by atoms with Gasteiger partial charge in [-0.1, -0.05) is 13.8 Å². The van der Waals surface area contributed by atoms with Crippen LogP contribution in [0, 0.1) is 11.8 Å². The van der Waals surface area contributed by atoms with Crippen LogP contribution in [0.3, 0.4) is 0 Å². The molecule has 0 spiro atoms. The zero-order chi connectivity index (χ0) is 18.0. The third-order valence-electron chi connectivity index (χ3n) is 6.02. The first-order chi connectivity index (χ1) is 11.2. The van der Waals surface area contributed by atoms with Crippen LogP contribution >= 0.6 is 0 Å². The van der Waals surface area contributed by atoms with Gasteiger partial charge in [0.05, 0.1) is 0 Å². The van der Waals surface area contributed by atoms with Crippen molar-refractivity contribution in [2.75, 3.05) is 13.6 Å². The van der Waals surface area contributed by atoms with Gasteiger partial charge in [-0.2, -0.15) is 0 Å². The average molecular weight is 339 g/mol. The molecule has 2 aliphatic rings. The molecule has 2 fully saturated rings. The van der Waals surface area contributed by atoms with Gasteiger partial charge in [0, 0.05) is 24.7 Å². The number of carbonyl (C=O) groups excluding carboxylic acids is 1. The molecule has 6 nitrogen and oxygen atoms in total. The maximum Gasteiger partial charge on any atom is 0.405 e. The van der Waals surface area contributed by atoms with Crippen LogP contribution in [0.5, 0.6) is 0 Å². The molecule has 2 rings (SSSR count). The molecule has 0 radical (unpaired) electrons. The molecule has 1 saturated carbocycles. The van der Waals surface area contributed by atoms with Gasteiger partial charge in [-0.05, 0) is 58.4 Å². The third kappa shape index (κ3) is 4.02. The van der Waals surface area contributed by atoms with E-state index in [9.17, 15) is 9.59 Å². The Kier molecular flexibility index (Phi) is 6.12. The van der Waals surface area contributed by atoms with Gasteiger partial charge in [0.15, 0.2) is 0 Å². The van der Waals surface area contributed by atoms with Gasteiger partial charge < -0.3 is 20.2 Å². The Balaban J connectivity index is 2.07. The monoisotopic (exact) mass is 339 g/mol. The standard InChI is InChI=1S/C18H33N3O3/c1-11(2)14-10-13(20(5)12(3)4)6-7-16(14)21-9-8-15(17(21)22)19-18(23)24/h11-16,19H,6-10H2,1-5H3,(H,23,24)/t13-,14-,15?,16-/m0/s1. The van der Waals surface area contributed by atoms with E-state index in [1.807, 2.05) is 4.90 Å². The first kappa shape index (κ1) is 19.0. The van der Waals surface area contributed by atoms with E-state index in [1.165, 1.54) is 0 Å². The lowest BCUT2D eigenvalue weighted by molar-refractivity contribution is -0.134. The fourth-order valence-electron chi connectivity index (χ4n) is 4.38. The van der Waals surface area contributed by atoms with Crippen molar-refractivity contribution in [2.45, 2.75) is 77.5 Å². The van der Waals surface area contributed by atoms with E-state index in [0.29, 0.717) is 36.9 Å². The highest BCUT2D eigenvalue weighted by molar-refractivity contribution is 5.87. The van der Waals surface area contributed by atoms with E-state index in [0.717, 1.165) is 19.3 Å². The number of hydrogen-bond acceptors (Lipinski definition) is 3. The molecule has 1 saturated heterocycles. The minimum absolute atomic E-state index is 0.0382. The Morgan fingerprint density at radius 1 is 1.25 bits per heavy atom. The van der Waals surface area contributed by atoms with Crippen LogP contribution in [-0.2, 0) is 4.79 Å². The lowest BCUT2D eigenvalue weighted by atomic mass is 9.74. The minimum atomic E-state index is -1.11. The van der Waals surface area contributed by atoms with Crippen molar-refractivity contribution in [1.29, 1.82) is 0 Å². The number of carbonyl (C=O) groups is 2. The normalized spacial score (nSPS) is 31.3. The molecular weight excluding hydrogens is 306 g/mol. The Morgan fingerprint density at radius 3 is 2.46 bits per heavy atom.